The molecular weight excluding hydrogens is 270 g/mol. The average molecular weight is 293 g/mol. The van der Waals surface area contributed by atoms with Gasteiger partial charge in [0.05, 0.1) is 5.92 Å². The van der Waals surface area contributed by atoms with Gasteiger partial charge in [-0.3, -0.25) is 4.79 Å². The molecule has 1 aliphatic rings. The van der Waals surface area contributed by atoms with Gasteiger partial charge in [-0.2, -0.15) is 0 Å². The van der Waals surface area contributed by atoms with Crippen molar-refractivity contribution in [2.24, 2.45) is 11.7 Å². The Kier molecular flexibility index (Phi) is 4.57. The van der Waals surface area contributed by atoms with Gasteiger partial charge < -0.3 is 5.73 Å². The van der Waals surface area contributed by atoms with Gasteiger partial charge in [0.2, 0.25) is 5.91 Å². The van der Waals surface area contributed by atoms with Crippen LogP contribution in [0.4, 0.5) is 0 Å². The van der Waals surface area contributed by atoms with E-state index < -0.39 is 0 Å². The summed E-state index contributed by atoms with van der Waals surface area (Å²) in [6.07, 6.45) is 5.98. The first kappa shape index (κ1) is 14.8. The first-order valence-corrected chi connectivity index (χ1v) is 8.19. The number of benzene rings is 2. The van der Waals surface area contributed by atoms with Gasteiger partial charge in [0.25, 0.3) is 0 Å². The molecule has 1 atom stereocenters. The highest BCUT2D eigenvalue weighted by Gasteiger charge is 2.24. The Hall–Kier alpha value is -2.09. The number of nitrogens with two attached hydrogens (primary N) is 1. The minimum absolute atomic E-state index is 0.145. The van der Waals surface area contributed by atoms with Crippen LogP contribution in [0.1, 0.15) is 43.6 Å². The van der Waals surface area contributed by atoms with Crippen molar-refractivity contribution in [3.63, 3.8) is 0 Å². The molecule has 0 aromatic heterocycles. The lowest BCUT2D eigenvalue weighted by molar-refractivity contribution is -0.119. The summed E-state index contributed by atoms with van der Waals surface area (Å²) in [4.78, 5) is 11.9. The fourth-order valence-corrected chi connectivity index (χ4v) is 3.53. The van der Waals surface area contributed by atoms with Crippen LogP contribution in [0.25, 0.3) is 11.1 Å². The van der Waals surface area contributed by atoms with Crippen LogP contribution in [0.3, 0.4) is 0 Å². The molecule has 0 bridgehead atoms. The lowest BCUT2D eigenvalue weighted by Crippen LogP contribution is -2.23. The zero-order chi connectivity index (χ0) is 15.4. The van der Waals surface area contributed by atoms with E-state index in [-0.39, 0.29) is 11.8 Å². The molecule has 2 heteroatoms. The Labute approximate surface area is 132 Å². The molecular formula is C20H23NO. The van der Waals surface area contributed by atoms with Gasteiger partial charge in [-0.15, -0.1) is 0 Å². The topological polar surface area (TPSA) is 43.1 Å². The molecule has 1 amide bonds. The van der Waals surface area contributed by atoms with E-state index in [1.807, 2.05) is 18.2 Å². The number of primary amides is 1. The number of hydrogen-bond acceptors (Lipinski definition) is 1. The van der Waals surface area contributed by atoms with Crippen molar-refractivity contribution in [2.45, 2.75) is 38.0 Å². The third-order valence-electron chi connectivity index (χ3n) is 4.81. The van der Waals surface area contributed by atoms with E-state index in [1.54, 1.807) is 0 Å². The molecule has 2 aromatic carbocycles. The van der Waals surface area contributed by atoms with Crippen molar-refractivity contribution in [1.82, 2.24) is 0 Å². The minimum atomic E-state index is -0.195. The Morgan fingerprint density at radius 2 is 1.55 bits per heavy atom. The van der Waals surface area contributed by atoms with E-state index in [0.29, 0.717) is 5.92 Å². The van der Waals surface area contributed by atoms with Crippen LogP contribution in [0.5, 0.6) is 0 Å². The van der Waals surface area contributed by atoms with Crippen LogP contribution in [0, 0.1) is 5.92 Å². The normalized spacial score (nSPS) is 16.5. The van der Waals surface area contributed by atoms with E-state index in [4.69, 9.17) is 5.73 Å². The number of rotatable bonds is 5. The highest BCUT2D eigenvalue weighted by atomic mass is 16.1. The van der Waals surface area contributed by atoms with Gasteiger partial charge in [-0.05, 0) is 29.0 Å². The second kappa shape index (κ2) is 6.78. The fraction of sp³-hybridized carbons (Fsp3) is 0.350. The van der Waals surface area contributed by atoms with Crippen LogP contribution >= 0.6 is 0 Å². The summed E-state index contributed by atoms with van der Waals surface area (Å²) < 4.78 is 0. The SMILES string of the molecule is NC(=O)C(CC1CCCC1)c1ccc(-c2ccccc2)cc1. The largest absolute Gasteiger partial charge is 0.369 e. The maximum absolute atomic E-state index is 11.9. The Morgan fingerprint density at radius 3 is 2.14 bits per heavy atom. The molecule has 0 heterocycles. The zero-order valence-electron chi connectivity index (χ0n) is 12.9. The summed E-state index contributed by atoms with van der Waals surface area (Å²) in [6.45, 7) is 0. The molecule has 114 valence electrons. The van der Waals surface area contributed by atoms with Gasteiger partial charge in [-0.25, -0.2) is 0 Å². The highest BCUT2D eigenvalue weighted by molar-refractivity contribution is 5.82. The first-order chi connectivity index (χ1) is 10.7. The quantitative estimate of drug-likeness (QED) is 0.866. The van der Waals surface area contributed by atoms with Crippen molar-refractivity contribution in [3.8, 4) is 11.1 Å². The average Bonchev–Trinajstić information content (AvgIpc) is 3.07. The van der Waals surface area contributed by atoms with Crippen molar-refractivity contribution in [1.29, 1.82) is 0 Å². The number of carbonyl (C=O) groups is 1. The van der Waals surface area contributed by atoms with E-state index in [0.717, 1.165) is 12.0 Å². The van der Waals surface area contributed by atoms with Gasteiger partial charge in [0, 0.05) is 0 Å². The molecule has 2 nitrogen and oxygen atoms in total. The Morgan fingerprint density at radius 1 is 0.955 bits per heavy atom. The minimum Gasteiger partial charge on any atom is -0.369 e. The first-order valence-electron chi connectivity index (χ1n) is 8.19. The number of carbonyl (C=O) groups excluding carboxylic acids is 1. The molecule has 22 heavy (non-hydrogen) atoms. The smallest absolute Gasteiger partial charge is 0.224 e. The lowest BCUT2D eigenvalue weighted by atomic mass is 9.87. The predicted molar refractivity (Wildman–Crippen MR) is 90.4 cm³/mol. The van der Waals surface area contributed by atoms with Gasteiger partial charge >= 0.3 is 0 Å². The molecule has 2 aromatic rings. The Bertz CT molecular complexity index is 612. The molecule has 0 saturated heterocycles. The molecule has 1 fully saturated rings. The van der Waals surface area contributed by atoms with Gasteiger partial charge in [-0.1, -0.05) is 80.3 Å². The number of amides is 1. The highest BCUT2D eigenvalue weighted by Crippen LogP contribution is 2.34. The molecule has 0 radical (unpaired) electrons. The van der Waals surface area contributed by atoms with Crippen molar-refractivity contribution in [3.05, 3.63) is 60.2 Å². The fourth-order valence-electron chi connectivity index (χ4n) is 3.53. The van der Waals surface area contributed by atoms with Crippen LogP contribution in [0.15, 0.2) is 54.6 Å². The summed E-state index contributed by atoms with van der Waals surface area (Å²) in [6, 6.07) is 18.6. The predicted octanol–water partition coefficient (Wildman–Crippen LogP) is 4.50. The van der Waals surface area contributed by atoms with Gasteiger partial charge in [0.15, 0.2) is 0 Å². The van der Waals surface area contributed by atoms with Crippen LogP contribution in [0.2, 0.25) is 0 Å². The summed E-state index contributed by atoms with van der Waals surface area (Å²) in [7, 11) is 0. The molecule has 3 rings (SSSR count). The maximum atomic E-state index is 11.9. The lowest BCUT2D eigenvalue weighted by Gasteiger charge is -2.18. The third kappa shape index (κ3) is 3.38. The van der Waals surface area contributed by atoms with Gasteiger partial charge in [0.1, 0.15) is 0 Å². The summed E-state index contributed by atoms with van der Waals surface area (Å²) in [5.41, 5.74) is 9.08. The van der Waals surface area contributed by atoms with Crippen LogP contribution in [-0.2, 0) is 4.79 Å². The maximum Gasteiger partial charge on any atom is 0.224 e. The molecule has 1 aliphatic carbocycles. The van der Waals surface area contributed by atoms with Crippen molar-refractivity contribution >= 4 is 5.91 Å². The van der Waals surface area contributed by atoms with E-state index in [2.05, 4.69) is 36.4 Å². The zero-order valence-corrected chi connectivity index (χ0v) is 12.9. The summed E-state index contributed by atoms with van der Waals surface area (Å²) >= 11 is 0. The second-order valence-electron chi connectivity index (χ2n) is 6.33. The third-order valence-corrected chi connectivity index (χ3v) is 4.81. The van der Waals surface area contributed by atoms with E-state index >= 15 is 0 Å². The molecule has 0 spiro atoms. The molecule has 0 aliphatic heterocycles. The molecule has 1 saturated carbocycles. The summed E-state index contributed by atoms with van der Waals surface area (Å²) in [5, 5.41) is 0. The monoisotopic (exact) mass is 293 g/mol. The van der Waals surface area contributed by atoms with Crippen LogP contribution < -0.4 is 5.73 Å². The Balaban J connectivity index is 1.78. The molecule has 2 N–H and O–H groups in total. The standard InChI is InChI=1S/C20H23NO/c21-20(22)19(14-15-6-4-5-7-15)18-12-10-17(11-13-18)16-8-2-1-3-9-16/h1-3,8-13,15,19H,4-7,14H2,(H2,21,22). The summed E-state index contributed by atoms with van der Waals surface area (Å²) in [5.74, 6) is 0.318. The molecule has 1 unspecified atom stereocenters. The van der Waals surface area contributed by atoms with E-state index in [1.165, 1.54) is 36.8 Å². The number of hydrogen-bond donors (Lipinski definition) is 1. The second-order valence-corrected chi connectivity index (χ2v) is 6.33. The van der Waals surface area contributed by atoms with E-state index in [9.17, 15) is 4.79 Å². The van der Waals surface area contributed by atoms with Crippen molar-refractivity contribution < 1.29 is 4.79 Å². The van der Waals surface area contributed by atoms with Crippen LogP contribution in [-0.4, -0.2) is 5.91 Å². The van der Waals surface area contributed by atoms with Crippen molar-refractivity contribution in [2.75, 3.05) is 0 Å².